The second-order valence-corrected chi connectivity index (χ2v) is 6.64. The van der Waals surface area contributed by atoms with Gasteiger partial charge in [-0.05, 0) is 37.3 Å². The third-order valence-electron chi connectivity index (χ3n) is 4.16. The average Bonchev–Trinajstić information content (AvgIpc) is 2.74. The highest BCUT2D eigenvalue weighted by Gasteiger charge is 2.13. The van der Waals surface area contributed by atoms with Gasteiger partial charge >= 0.3 is 0 Å². The van der Waals surface area contributed by atoms with Gasteiger partial charge in [0.1, 0.15) is 17.6 Å². The predicted molar refractivity (Wildman–Crippen MR) is 116 cm³/mol. The fourth-order valence-electron chi connectivity index (χ4n) is 2.66. The molecule has 0 amide bonds. The summed E-state index contributed by atoms with van der Waals surface area (Å²) < 4.78 is 22.0. The Bertz CT molecular complexity index is 812. The molecule has 0 spiro atoms. The fourth-order valence-corrected chi connectivity index (χ4v) is 2.78. The zero-order valence-corrected chi connectivity index (χ0v) is 18.2. The smallest absolute Gasteiger partial charge is 0.191 e. The molecule has 1 atom stereocenters. The quantitative estimate of drug-likeness (QED) is 0.477. The Labute approximate surface area is 177 Å². The van der Waals surface area contributed by atoms with Gasteiger partial charge in [-0.15, -0.1) is 0 Å². The molecule has 2 aromatic rings. The minimum Gasteiger partial charge on any atom is -0.496 e. The highest BCUT2D eigenvalue weighted by atomic mass is 35.5. The van der Waals surface area contributed by atoms with Crippen LogP contribution in [0.4, 0.5) is 0 Å². The van der Waals surface area contributed by atoms with Gasteiger partial charge in [-0.25, -0.2) is 0 Å². The van der Waals surface area contributed by atoms with Crippen molar-refractivity contribution in [3.63, 3.8) is 0 Å². The van der Waals surface area contributed by atoms with Crippen LogP contribution in [0.25, 0.3) is 0 Å². The summed E-state index contributed by atoms with van der Waals surface area (Å²) >= 11 is 5.90. The molecule has 2 rings (SSSR count). The summed E-state index contributed by atoms with van der Waals surface area (Å²) in [4.78, 5) is 4.25. The molecule has 0 radical (unpaired) electrons. The summed E-state index contributed by atoms with van der Waals surface area (Å²) in [5.74, 6) is 3.36. The number of benzene rings is 2. The van der Waals surface area contributed by atoms with Crippen LogP contribution in [0.3, 0.4) is 0 Å². The lowest BCUT2D eigenvalue weighted by Gasteiger charge is -2.19. The summed E-state index contributed by atoms with van der Waals surface area (Å²) in [7, 11) is 6.53. The molecule has 0 bridgehead atoms. The zero-order chi connectivity index (χ0) is 21.2. The highest BCUT2D eigenvalue weighted by molar-refractivity contribution is 6.30. The van der Waals surface area contributed by atoms with Crippen LogP contribution in [-0.4, -0.2) is 47.0 Å². The Hall–Kier alpha value is -2.80. The van der Waals surface area contributed by atoms with E-state index in [2.05, 4.69) is 15.6 Å². The molecule has 1 unspecified atom stereocenters. The maximum Gasteiger partial charge on any atom is 0.191 e. The van der Waals surface area contributed by atoms with Crippen LogP contribution in [0.1, 0.15) is 12.5 Å². The van der Waals surface area contributed by atoms with Crippen LogP contribution >= 0.6 is 11.6 Å². The first-order valence-electron chi connectivity index (χ1n) is 9.16. The molecule has 0 aromatic heterocycles. The molecule has 0 aliphatic carbocycles. The van der Waals surface area contributed by atoms with Crippen LogP contribution in [0.5, 0.6) is 23.0 Å². The molecular formula is C21H28ClN3O4. The molecule has 0 aliphatic rings. The molecule has 0 saturated heterocycles. The molecule has 2 N–H and O–H groups in total. The lowest BCUT2D eigenvalue weighted by molar-refractivity contribution is 0.224. The van der Waals surface area contributed by atoms with Crippen molar-refractivity contribution in [1.29, 1.82) is 0 Å². The largest absolute Gasteiger partial charge is 0.496 e. The van der Waals surface area contributed by atoms with Crippen molar-refractivity contribution in [2.45, 2.75) is 19.6 Å². The lowest BCUT2D eigenvalue weighted by atomic mass is 10.1. The van der Waals surface area contributed by atoms with Gasteiger partial charge in [0.2, 0.25) is 0 Å². The molecule has 158 valence electrons. The molecular weight excluding hydrogens is 394 g/mol. The molecule has 7 nitrogen and oxygen atoms in total. The number of guanidine groups is 1. The van der Waals surface area contributed by atoms with Crippen LogP contribution in [0, 0.1) is 0 Å². The van der Waals surface area contributed by atoms with Crippen molar-refractivity contribution >= 4 is 17.6 Å². The lowest BCUT2D eigenvalue weighted by Crippen LogP contribution is -2.41. The summed E-state index contributed by atoms with van der Waals surface area (Å²) in [6.07, 6.45) is -0.0645. The summed E-state index contributed by atoms with van der Waals surface area (Å²) in [6, 6.07) is 11.0. The first-order chi connectivity index (χ1) is 14.0. The van der Waals surface area contributed by atoms with Crippen molar-refractivity contribution in [3.05, 3.63) is 47.0 Å². The van der Waals surface area contributed by atoms with Gasteiger partial charge in [0.15, 0.2) is 17.5 Å². The van der Waals surface area contributed by atoms with Crippen LogP contribution in [-0.2, 0) is 6.54 Å². The summed E-state index contributed by atoms with van der Waals surface area (Å²) in [6.45, 7) is 3.05. The monoisotopic (exact) mass is 421 g/mol. The normalized spacial score (nSPS) is 12.1. The Morgan fingerprint density at radius 2 is 1.59 bits per heavy atom. The van der Waals surface area contributed by atoms with Gasteiger partial charge in [0, 0.05) is 30.2 Å². The van der Waals surface area contributed by atoms with Crippen LogP contribution in [0.15, 0.2) is 41.4 Å². The van der Waals surface area contributed by atoms with Crippen molar-refractivity contribution in [3.8, 4) is 23.0 Å². The molecule has 0 aliphatic heterocycles. The number of aliphatic imine (C=N–C) groups is 1. The minimum absolute atomic E-state index is 0.0645. The van der Waals surface area contributed by atoms with Gasteiger partial charge in [-0.3, -0.25) is 4.99 Å². The molecule has 29 heavy (non-hydrogen) atoms. The number of rotatable bonds is 9. The van der Waals surface area contributed by atoms with Crippen molar-refractivity contribution in [1.82, 2.24) is 10.6 Å². The van der Waals surface area contributed by atoms with Crippen LogP contribution in [0.2, 0.25) is 5.02 Å². The second kappa shape index (κ2) is 11.3. The van der Waals surface area contributed by atoms with Crippen molar-refractivity contribution in [2.24, 2.45) is 4.99 Å². The van der Waals surface area contributed by atoms with Crippen molar-refractivity contribution in [2.75, 3.05) is 34.9 Å². The topological polar surface area (TPSA) is 73.3 Å². The average molecular weight is 422 g/mol. The Kier molecular flexibility index (Phi) is 8.73. The predicted octanol–water partition coefficient (Wildman–Crippen LogP) is 3.50. The molecule has 0 fully saturated rings. The number of nitrogens with zero attached hydrogens (tertiary/aromatic N) is 1. The maximum absolute atomic E-state index is 5.90. The van der Waals surface area contributed by atoms with Crippen molar-refractivity contribution < 1.29 is 18.9 Å². The fraction of sp³-hybridized carbons (Fsp3) is 0.381. The van der Waals surface area contributed by atoms with E-state index >= 15 is 0 Å². The van der Waals surface area contributed by atoms with E-state index in [9.17, 15) is 0 Å². The molecule has 0 saturated carbocycles. The minimum atomic E-state index is -0.0645. The van der Waals surface area contributed by atoms with E-state index in [4.69, 9.17) is 30.5 Å². The van der Waals surface area contributed by atoms with Crippen LogP contribution < -0.4 is 29.6 Å². The number of hydrogen-bond donors (Lipinski definition) is 2. The number of ether oxygens (including phenoxy) is 4. The Balaban J connectivity index is 1.92. The Morgan fingerprint density at radius 3 is 2.17 bits per heavy atom. The highest BCUT2D eigenvalue weighted by Crippen LogP contribution is 2.34. The van der Waals surface area contributed by atoms with E-state index in [-0.39, 0.29) is 6.10 Å². The summed E-state index contributed by atoms with van der Waals surface area (Å²) in [5, 5.41) is 7.20. The molecule has 8 heteroatoms. The van der Waals surface area contributed by atoms with Gasteiger partial charge in [-0.2, -0.15) is 0 Å². The van der Waals surface area contributed by atoms with E-state index in [1.165, 1.54) is 0 Å². The third kappa shape index (κ3) is 6.64. The van der Waals surface area contributed by atoms with E-state index in [0.29, 0.717) is 41.3 Å². The zero-order valence-electron chi connectivity index (χ0n) is 17.4. The van der Waals surface area contributed by atoms with E-state index in [1.54, 1.807) is 46.6 Å². The second-order valence-electron chi connectivity index (χ2n) is 6.21. The Morgan fingerprint density at radius 1 is 0.966 bits per heavy atom. The maximum atomic E-state index is 5.90. The van der Waals surface area contributed by atoms with Gasteiger partial charge in [-0.1, -0.05) is 11.6 Å². The standard InChI is InChI=1S/C21H28ClN3O4/c1-14(29-17-8-6-16(22)7-9-17)12-24-21(23-2)25-13-15-10-19(27-4)20(28-5)11-18(15)26-3/h6-11,14H,12-13H2,1-5H3,(H2,23,24,25). The van der Waals surface area contributed by atoms with E-state index < -0.39 is 0 Å². The number of nitrogens with one attached hydrogen (secondary N) is 2. The SMILES string of the molecule is CN=C(NCc1cc(OC)c(OC)cc1OC)NCC(C)Oc1ccc(Cl)cc1. The summed E-state index contributed by atoms with van der Waals surface area (Å²) in [5.41, 5.74) is 0.915. The van der Waals surface area contributed by atoms with E-state index in [0.717, 1.165) is 11.3 Å². The molecule has 0 heterocycles. The van der Waals surface area contributed by atoms with Gasteiger partial charge in [0.25, 0.3) is 0 Å². The molecule has 2 aromatic carbocycles. The third-order valence-corrected chi connectivity index (χ3v) is 4.42. The van der Waals surface area contributed by atoms with E-state index in [1.807, 2.05) is 25.1 Å². The number of hydrogen-bond acceptors (Lipinski definition) is 5. The first-order valence-corrected chi connectivity index (χ1v) is 9.54. The van der Waals surface area contributed by atoms with Gasteiger partial charge in [0.05, 0.1) is 27.9 Å². The van der Waals surface area contributed by atoms with Gasteiger partial charge < -0.3 is 29.6 Å². The number of methoxy groups -OCH3 is 3. The first kappa shape index (κ1) is 22.5. The number of halogens is 1.